The van der Waals surface area contributed by atoms with Crippen LogP contribution in [0.25, 0.3) is 42.8 Å². The van der Waals surface area contributed by atoms with Crippen LogP contribution in [-0.4, -0.2) is 69.1 Å². The lowest BCUT2D eigenvalue weighted by atomic mass is 9.91. The Morgan fingerprint density at radius 2 is 1.85 bits per heavy atom. The van der Waals surface area contributed by atoms with Crippen LogP contribution in [0.3, 0.4) is 0 Å². The van der Waals surface area contributed by atoms with E-state index < -0.39 is 17.7 Å². The minimum absolute atomic E-state index is 0.539. The first-order chi connectivity index (χ1) is 21.8. The molecule has 0 amide bonds. The number of likely N-dealkylation sites (N-methyl/N-ethyl adjacent to an activating group) is 1. The minimum Gasteiger partial charge on any atom is -0.479 e. The molecule has 0 bridgehead atoms. The second-order valence-corrected chi connectivity index (χ2v) is 14.8. The lowest BCUT2D eigenvalue weighted by molar-refractivity contribution is -0.160. The highest BCUT2D eigenvalue weighted by Crippen LogP contribution is 2.45. The zero-order valence-electron chi connectivity index (χ0n) is 27.6. The molecule has 2 aromatic heterocycles. The Morgan fingerprint density at radius 3 is 2.50 bits per heavy atom. The molecule has 3 aromatic carbocycles. The molecule has 1 aliphatic rings. The summed E-state index contributed by atoms with van der Waals surface area (Å²) < 4.78 is 9.04. The second-order valence-electron chi connectivity index (χ2n) is 13.4. The number of benzene rings is 3. The molecule has 0 saturated carbocycles. The molecule has 242 valence electrons. The van der Waals surface area contributed by atoms with E-state index in [1.165, 1.54) is 12.8 Å². The number of thiazole rings is 1. The number of carbonyl (C=O) groups is 1. The van der Waals surface area contributed by atoms with Crippen LogP contribution in [0.5, 0.6) is 0 Å². The number of hydrogen-bond acceptors (Lipinski definition) is 7. The van der Waals surface area contributed by atoms with Gasteiger partial charge in [-0.3, -0.25) is 9.58 Å². The number of aromatic nitrogens is 3. The van der Waals surface area contributed by atoms with E-state index in [9.17, 15) is 9.90 Å². The predicted octanol–water partition coefficient (Wildman–Crippen LogP) is 8.34. The van der Waals surface area contributed by atoms with Gasteiger partial charge in [-0.2, -0.15) is 5.10 Å². The number of aliphatic carboxylic acids is 1. The molecule has 1 N–H and O–H groups in total. The van der Waals surface area contributed by atoms with Gasteiger partial charge in [-0.15, -0.1) is 11.3 Å². The summed E-state index contributed by atoms with van der Waals surface area (Å²) in [5.74, 6) is -0.0270. The lowest BCUT2D eigenvalue weighted by Gasteiger charge is -2.44. The number of carboxylic acids is 1. The van der Waals surface area contributed by atoms with Gasteiger partial charge in [-0.25, -0.2) is 9.78 Å². The van der Waals surface area contributed by atoms with Crippen molar-refractivity contribution in [3.8, 4) is 21.7 Å². The molecule has 10 heteroatoms. The Bertz CT molecular complexity index is 1900. The van der Waals surface area contributed by atoms with Gasteiger partial charge in [0.1, 0.15) is 5.01 Å². The Kier molecular flexibility index (Phi) is 8.89. The largest absolute Gasteiger partial charge is 0.479 e. The van der Waals surface area contributed by atoms with Crippen LogP contribution in [0.1, 0.15) is 57.8 Å². The molecule has 1 atom stereocenters. The summed E-state index contributed by atoms with van der Waals surface area (Å²) in [5.41, 5.74) is 5.36. The van der Waals surface area contributed by atoms with E-state index in [-0.39, 0.29) is 0 Å². The van der Waals surface area contributed by atoms with Crippen molar-refractivity contribution in [3.05, 3.63) is 64.7 Å². The van der Waals surface area contributed by atoms with E-state index in [1.54, 1.807) is 11.3 Å². The molecule has 46 heavy (non-hydrogen) atoms. The standard InChI is InChI=1S/C36H42ClN5O3S/c1-8-9-16-40(6)25-19-42(20-25)33-26-18-23(12-15-28(26)41(7)39-33)34-38-27-17-21(2)29(31(35(43)44)45-36(3,4)5)30(32(27)46-34)22-10-13-24(37)14-11-22/h10-15,17-18,25,31H,8-9,16,19-20H2,1-7H3,(H,43,44)/t31-/m0/s1. The zero-order chi connectivity index (χ0) is 32.9. The maximum Gasteiger partial charge on any atom is 0.337 e. The highest BCUT2D eigenvalue weighted by atomic mass is 35.5. The molecule has 3 heterocycles. The molecule has 5 aromatic rings. The number of hydrogen-bond donors (Lipinski definition) is 1. The van der Waals surface area contributed by atoms with Crippen molar-refractivity contribution < 1.29 is 14.6 Å². The van der Waals surface area contributed by atoms with Crippen LogP contribution in [-0.2, 0) is 16.6 Å². The fourth-order valence-corrected chi connectivity index (χ4v) is 7.52. The first-order valence-corrected chi connectivity index (χ1v) is 17.1. The third-order valence-electron chi connectivity index (χ3n) is 8.75. The molecule has 0 radical (unpaired) electrons. The van der Waals surface area contributed by atoms with Gasteiger partial charge in [0.15, 0.2) is 11.9 Å². The quantitative estimate of drug-likeness (QED) is 0.161. The van der Waals surface area contributed by atoms with E-state index in [2.05, 4.69) is 42.0 Å². The van der Waals surface area contributed by atoms with Crippen LogP contribution in [0.2, 0.25) is 5.02 Å². The van der Waals surface area contributed by atoms with Gasteiger partial charge in [0.25, 0.3) is 0 Å². The Hall–Kier alpha value is -3.50. The van der Waals surface area contributed by atoms with Crippen LogP contribution < -0.4 is 4.90 Å². The lowest BCUT2D eigenvalue weighted by Crippen LogP contribution is -2.58. The molecule has 1 fully saturated rings. The fourth-order valence-electron chi connectivity index (χ4n) is 6.27. The smallest absolute Gasteiger partial charge is 0.337 e. The van der Waals surface area contributed by atoms with Crippen molar-refractivity contribution in [2.24, 2.45) is 7.05 Å². The van der Waals surface area contributed by atoms with Crippen molar-refractivity contribution in [1.29, 1.82) is 0 Å². The Morgan fingerprint density at radius 1 is 1.15 bits per heavy atom. The highest BCUT2D eigenvalue weighted by Gasteiger charge is 2.34. The first kappa shape index (κ1) is 32.4. The maximum absolute atomic E-state index is 12.7. The summed E-state index contributed by atoms with van der Waals surface area (Å²) in [6.45, 7) is 12.8. The minimum atomic E-state index is -1.16. The van der Waals surface area contributed by atoms with Crippen molar-refractivity contribution >= 4 is 55.8 Å². The van der Waals surface area contributed by atoms with Gasteiger partial charge in [0.05, 0.1) is 21.3 Å². The summed E-state index contributed by atoms with van der Waals surface area (Å²) in [6.07, 6.45) is 1.26. The molecule has 6 rings (SSSR count). The number of rotatable bonds is 10. The summed E-state index contributed by atoms with van der Waals surface area (Å²) in [7, 11) is 4.22. The van der Waals surface area contributed by atoms with Crippen LogP contribution in [0.4, 0.5) is 5.82 Å². The summed E-state index contributed by atoms with van der Waals surface area (Å²) in [4.78, 5) is 22.6. The van der Waals surface area contributed by atoms with Crippen LogP contribution >= 0.6 is 22.9 Å². The normalized spacial score (nSPS) is 14.8. The van der Waals surface area contributed by atoms with Gasteiger partial charge < -0.3 is 14.7 Å². The second kappa shape index (κ2) is 12.6. The number of fused-ring (bicyclic) bond motifs is 2. The molecule has 0 unspecified atom stereocenters. The molecule has 0 spiro atoms. The third-order valence-corrected chi connectivity index (χ3v) is 10.1. The zero-order valence-corrected chi connectivity index (χ0v) is 29.2. The summed E-state index contributed by atoms with van der Waals surface area (Å²) in [6, 6.07) is 16.5. The van der Waals surface area contributed by atoms with E-state index >= 15 is 0 Å². The number of aryl methyl sites for hydroxylation is 2. The van der Waals surface area contributed by atoms with Gasteiger partial charge in [0, 0.05) is 53.3 Å². The third kappa shape index (κ3) is 6.26. The van der Waals surface area contributed by atoms with Crippen molar-refractivity contribution in [2.45, 2.75) is 65.2 Å². The SMILES string of the molecule is CCCCN(C)C1CN(c2nn(C)c3ccc(-c4nc5cc(C)c([C@H](OC(C)(C)C)C(=O)O)c(-c6ccc(Cl)cc6)c5s4)cc23)C1. The van der Waals surface area contributed by atoms with Gasteiger partial charge in [-0.1, -0.05) is 37.1 Å². The molecule has 0 aliphatic carbocycles. The molecule has 8 nitrogen and oxygen atoms in total. The highest BCUT2D eigenvalue weighted by molar-refractivity contribution is 7.22. The average Bonchev–Trinajstić information content (AvgIpc) is 3.54. The molecule has 1 aliphatic heterocycles. The summed E-state index contributed by atoms with van der Waals surface area (Å²) >= 11 is 7.84. The number of carboxylic acid groups (broad SMARTS) is 1. The average molecular weight is 660 g/mol. The van der Waals surface area contributed by atoms with Gasteiger partial charge in [0.2, 0.25) is 0 Å². The summed E-state index contributed by atoms with van der Waals surface area (Å²) in [5, 5.41) is 17.9. The van der Waals surface area contributed by atoms with E-state index in [4.69, 9.17) is 26.4 Å². The number of anilines is 1. The predicted molar refractivity (Wildman–Crippen MR) is 189 cm³/mol. The van der Waals surface area contributed by atoms with Crippen molar-refractivity contribution in [3.63, 3.8) is 0 Å². The van der Waals surface area contributed by atoms with Gasteiger partial charge in [-0.05, 0) is 95.2 Å². The monoisotopic (exact) mass is 659 g/mol. The number of halogens is 1. The van der Waals surface area contributed by atoms with Crippen molar-refractivity contribution in [2.75, 3.05) is 31.6 Å². The number of nitrogens with zero attached hydrogens (tertiary/aromatic N) is 5. The number of unbranched alkanes of at least 4 members (excludes halogenated alkanes) is 1. The molecular weight excluding hydrogens is 618 g/mol. The topological polar surface area (TPSA) is 83.7 Å². The number of ether oxygens (including phenoxy) is 1. The van der Waals surface area contributed by atoms with Crippen molar-refractivity contribution in [1.82, 2.24) is 19.7 Å². The van der Waals surface area contributed by atoms with E-state index in [0.29, 0.717) is 16.6 Å². The molecule has 1 saturated heterocycles. The Balaban J connectivity index is 1.45. The van der Waals surface area contributed by atoms with Crippen LogP contribution in [0, 0.1) is 6.92 Å². The fraction of sp³-hybridized carbons (Fsp3) is 0.417. The van der Waals surface area contributed by atoms with E-state index in [1.807, 2.05) is 69.8 Å². The first-order valence-electron chi connectivity index (χ1n) is 15.9. The Labute approximate surface area is 279 Å². The van der Waals surface area contributed by atoms with Crippen LogP contribution in [0.15, 0.2) is 48.5 Å². The van der Waals surface area contributed by atoms with E-state index in [0.717, 1.165) is 73.8 Å². The molecular formula is C36H42ClN5O3S. The van der Waals surface area contributed by atoms with Gasteiger partial charge >= 0.3 is 5.97 Å². The maximum atomic E-state index is 12.7.